The molecule has 1 N–H and O–H groups in total. The van der Waals surface area contributed by atoms with Gasteiger partial charge in [0, 0.05) is 30.3 Å². The maximum Gasteiger partial charge on any atom is 0.139 e. The van der Waals surface area contributed by atoms with E-state index in [1.165, 1.54) is 0 Å². The van der Waals surface area contributed by atoms with Crippen LogP contribution in [0.2, 0.25) is 10.0 Å². The molecule has 3 nitrogen and oxygen atoms in total. The van der Waals surface area contributed by atoms with Gasteiger partial charge in [-0.15, -0.1) is 0 Å². The Balaban J connectivity index is 2.27. The zero-order valence-corrected chi connectivity index (χ0v) is 13.4. The molecule has 1 heterocycles. The Kier molecular flexibility index (Phi) is 5.97. The molecule has 0 saturated carbocycles. The molecule has 1 aliphatic heterocycles. The van der Waals surface area contributed by atoms with Gasteiger partial charge >= 0.3 is 0 Å². The van der Waals surface area contributed by atoms with E-state index in [1.807, 2.05) is 26.1 Å². The van der Waals surface area contributed by atoms with E-state index in [-0.39, 0.29) is 6.04 Å². The lowest BCUT2D eigenvalue weighted by atomic mass is 9.87. The first-order chi connectivity index (χ1) is 9.67. The summed E-state index contributed by atoms with van der Waals surface area (Å²) in [4.78, 5) is 0. The van der Waals surface area contributed by atoms with Crippen molar-refractivity contribution in [1.82, 2.24) is 5.32 Å². The summed E-state index contributed by atoms with van der Waals surface area (Å²) >= 11 is 12.7. The van der Waals surface area contributed by atoms with E-state index in [2.05, 4.69) is 5.32 Å². The molecule has 0 spiro atoms. The lowest BCUT2D eigenvalue weighted by Gasteiger charge is -2.31. The molecule has 20 heavy (non-hydrogen) atoms. The lowest BCUT2D eigenvalue weighted by molar-refractivity contribution is 0.0546. The third-order valence-corrected chi connectivity index (χ3v) is 4.36. The normalized spacial score (nSPS) is 18.0. The van der Waals surface area contributed by atoms with Gasteiger partial charge in [0.15, 0.2) is 0 Å². The highest BCUT2D eigenvalue weighted by atomic mass is 35.5. The van der Waals surface area contributed by atoms with Gasteiger partial charge < -0.3 is 14.8 Å². The van der Waals surface area contributed by atoms with Crippen LogP contribution >= 0.6 is 23.2 Å². The van der Waals surface area contributed by atoms with E-state index in [9.17, 15) is 0 Å². The molecule has 1 unspecified atom stereocenters. The molecule has 0 amide bonds. The average Bonchev–Trinajstić information content (AvgIpc) is 2.46. The van der Waals surface area contributed by atoms with Gasteiger partial charge in [-0.2, -0.15) is 0 Å². The molecule has 0 radical (unpaired) electrons. The predicted octanol–water partition coefficient (Wildman–Crippen LogP) is 4.08. The largest absolute Gasteiger partial charge is 0.492 e. The van der Waals surface area contributed by atoms with Crippen LogP contribution in [0, 0.1) is 5.92 Å². The lowest BCUT2D eigenvalue weighted by Crippen LogP contribution is -2.30. The molecule has 0 aliphatic carbocycles. The van der Waals surface area contributed by atoms with Crippen LogP contribution in [-0.4, -0.2) is 26.9 Å². The molecule has 2 rings (SSSR count). The number of nitrogens with one attached hydrogen (secondary N) is 1. The topological polar surface area (TPSA) is 30.5 Å². The van der Waals surface area contributed by atoms with Crippen molar-refractivity contribution in [2.24, 2.45) is 5.92 Å². The van der Waals surface area contributed by atoms with Crippen molar-refractivity contribution in [2.45, 2.75) is 25.8 Å². The summed E-state index contributed by atoms with van der Waals surface area (Å²) < 4.78 is 10.9. The Hall–Kier alpha value is -0.480. The highest BCUT2D eigenvalue weighted by Crippen LogP contribution is 2.38. The smallest absolute Gasteiger partial charge is 0.139 e. The van der Waals surface area contributed by atoms with Crippen molar-refractivity contribution in [1.29, 1.82) is 0 Å². The molecule has 1 aromatic carbocycles. The van der Waals surface area contributed by atoms with Crippen molar-refractivity contribution in [3.05, 3.63) is 27.7 Å². The summed E-state index contributed by atoms with van der Waals surface area (Å²) in [6.07, 6.45) is 2.07. The highest BCUT2D eigenvalue weighted by molar-refractivity contribution is 6.34. The van der Waals surface area contributed by atoms with Gasteiger partial charge in [0.1, 0.15) is 5.75 Å². The summed E-state index contributed by atoms with van der Waals surface area (Å²) in [7, 11) is 1.96. The summed E-state index contributed by atoms with van der Waals surface area (Å²) in [5.74, 6) is 1.16. The maximum atomic E-state index is 6.42. The second kappa shape index (κ2) is 7.51. The molecule has 112 valence electrons. The molecular weight excluding hydrogens is 297 g/mol. The highest BCUT2D eigenvalue weighted by Gasteiger charge is 2.26. The second-order valence-electron chi connectivity index (χ2n) is 4.95. The number of benzene rings is 1. The molecule has 5 heteroatoms. The van der Waals surface area contributed by atoms with Gasteiger partial charge in [-0.3, -0.25) is 0 Å². The Morgan fingerprint density at radius 2 is 2.00 bits per heavy atom. The Labute approximate surface area is 130 Å². The van der Waals surface area contributed by atoms with Gasteiger partial charge in [0.05, 0.1) is 11.6 Å². The van der Waals surface area contributed by atoms with Crippen molar-refractivity contribution in [3.8, 4) is 5.75 Å². The van der Waals surface area contributed by atoms with Crippen LogP contribution in [0.3, 0.4) is 0 Å². The number of rotatable bonds is 5. The third kappa shape index (κ3) is 3.59. The zero-order valence-electron chi connectivity index (χ0n) is 11.9. The fourth-order valence-corrected chi connectivity index (χ4v) is 3.24. The van der Waals surface area contributed by atoms with E-state index < -0.39 is 0 Å². The van der Waals surface area contributed by atoms with E-state index in [4.69, 9.17) is 32.7 Å². The summed E-state index contributed by atoms with van der Waals surface area (Å²) in [5.41, 5.74) is 1.04. The molecule has 0 aromatic heterocycles. The molecule has 1 saturated heterocycles. The molecule has 0 bridgehead atoms. The van der Waals surface area contributed by atoms with Crippen LogP contribution in [0.25, 0.3) is 0 Å². The summed E-state index contributed by atoms with van der Waals surface area (Å²) in [6.45, 7) is 4.12. The average molecular weight is 318 g/mol. The zero-order chi connectivity index (χ0) is 14.5. The number of ether oxygens (including phenoxy) is 2. The van der Waals surface area contributed by atoms with Crippen LogP contribution in [0.4, 0.5) is 0 Å². The summed E-state index contributed by atoms with van der Waals surface area (Å²) in [6, 6.07) is 3.93. The molecule has 1 atom stereocenters. The van der Waals surface area contributed by atoms with Crippen LogP contribution in [0.15, 0.2) is 12.1 Å². The first kappa shape index (κ1) is 15.9. The van der Waals surface area contributed by atoms with E-state index in [0.717, 1.165) is 31.6 Å². The van der Waals surface area contributed by atoms with Gasteiger partial charge in [0.2, 0.25) is 0 Å². The van der Waals surface area contributed by atoms with Crippen LogP contribution in [0.5, 0.6) is 5.75 Å². The minimum Gasteiger partial charge on any atom is -0.492 e. The minimum absolute atomic E-state index is 0.194. The van der Waals surface area contributed by atoms with Crippen molar-refractivity contribution in [3.63, 3.8) is 0 Å². The summed E-state index contributed by atoms with van der Waals surface area (Å²) in [5, 5.41) is 4.68. The van der Waals surface area contributed by atoms with E-state index in [1.54, 1.807) is 0 Å². The van der Waals surface area contributed by atoms with Gasteiger partial charge in [0.25, 0.3) is 0 Å². The Morgan fingerprint density at radius 1 is 1.30 bits per heavy atom. The molecular formula is C15H21Cl2NO2. The second-order valence-corrected chi connectivity index (χ2v) is 5.77. The fraction of sp³-hybridized carbons (Fsp3) is 0.600. The van der Waals surface area contributed by atoms with Crippen molar-refractivity contribution < 1.29 is 9.47 Å². The van der Waals surface area contributed by atoms with Crippen molar-refractivity contribution >= 4 is 23.2 Å². The van der Waals surface area contributed by atoms with Crippen LogP contribution in [0.1, 0.15) is 31.4 Å². The van der Waals surface area contributed by atoms with Crippen molar-refractivity contribution in [2.75, 3.05) is 26.9 Å². The van der Waals surface area contributed by atoms with Gasteiger partial charge in [-0.25, -0.2) is 0 Å². The quantitative estimate of drug-likeness (QED) is 0.887. The number of hydrogen-bond acceptors (Lipinski definition) is 3. The van der Waals surface area contributed by atoms with E-state index in [0.29, 0.717) is 28.3 Å². The van der Waals surface area contributed by atoms with Crippen LogP contribution < -0.4 is 10.1 Å². The number of halogens is 2. The van der Waals surface area contributed by atoms with Crippen LogP contribution in [-0.2, 0) is 4.74 Å². The monoisotopic (exact) mass is 317 g/mol. The third-order valence-electron chi connectivity index (χ3n) is 3.73. The number of hydrogen-bond donors (Lipinski definition) is 1. The fourth-order valence-electron chi connectivity index (χ4n) is 2.74. The molecule has 1 fully saturated rings. The maximum absolute atomic E-state index is 6.42. The SMILES string of the molecule is CCOc1cc(Cl)c(C(NC)C2CCOCC2)cc1Cl. The van der Waals surface area contributed by atoms with Gasteiger partial charge in [-0.1, -0.05) is 23.2 Å². The first-order valence-electron chi connectivity index (χ1n) is 7.04. The predicted molar refractivity (Wildman–Crippen MR) is 83.0 cm³/mol. The Morgan fingerprint density at radius 3 is 2.60 bits per heavy atom. The molecule has 1 aromatic rings. The first-order valence-corrected chi connectivity index (χ1v) is 7.79. The minimum atomic E-state index is 0.194. The Bertz CT molecular complexity index is 448. The standard InChI is InChI=1S/C15H21Cl2NO2/c1-3-20-14-9-12(16)11(8-13(14)17)15(18-2)10-4-6-19-7-5-10/h8-10,15,18H,3-7H2,1-2H3. The van der Waals surface area contributed by atoms with Gasteiger partial charge in [-0.05, 0) is 44.4 Å². The van der Waals surface area contributed by atoms with E-state index >= 15 is 0 Å². The molecule has 1 aliphatic rings.